The number of rotatable bonds is 4. The van der Waals surface area contributed by atoms with Crippen LogP contribution in [0.1, 0.15) is 36.8 Å². The van der Waals surface area contributed by atoms with Crippen molar-refractivity contribution < 1.29 is 9.53 Å². The molecule has 1 aliphatic rings. The molecule has 23 heavy (non-hydrogen) atoms. The second-order valence-electron chi connectivity index (χ2n) is 5.69. The average Bonchev–Trinajstić information content (AvgIpc) is 3.01. The summed E-state index contributed by atoms with van der Waals surface area (Å²) < 4.78 is 4.55. The van der Waals surface area contributed by atoms with Crippen molar-refractivity contribution in [2.75, 3.05) is 7.11 Å². The molecule has 1 aromatic rings. The van der Waals surface area contributed by atoms with E-state index in [9.17, 15) is 4.79 Å². The molecule has 122 valence electrons. The fourth-order valence-corrected chi connectivity index (χ4v) is 2.58. The SMILES string of the molecule is COC(=O)/C=C/c1cccc(C(=N)N=C(N)C2(N)CCCC2)c1. The topological polar surface area (TPSA) is 115 Å². The van der Waals surface area contributed by atoms with E-state index in [0.29, 0.717) is 11.4 Å². The van der Waals surface area contributed by atoms with Crippen LogP contribution >= 0.6 is 0 Å². The minimum Gasteiger partial charge on any atom is -0.466 e. The van der Waals surface area contributed by atoms with Crippen LogP contribution in [0, 0.1) is 5.41 Å². The number of carbonyl (C=O) groups is 1. The number of ether oxygens (including phenoxy) is 1. The highest BCUT2D eigenvalue weighted by Gasteiger charge is 2.33. The Balaban J connectivity index is 2.16. The van der Waals surface area contributed by atoms with Gasteiger partial charge in [-0.1, -0.05) is 31.0 Å². The van der Waals surface area contributed by atoms with Crippen LogP contribution in [-0.4, -0.2) is 30.3 Å². The van der Waals surface area contributed by atoms with Crippen LogP contribution in [0.25, 0.3) is 6.08 Å². The van der Waals surface area contributed by atoms with Gasteiger partial charge in [0.1, 0.15) is 5.84 Å². The molecule has 1 aliphatic carbocycles. The van der Waals surface area contributed by atoms with E-state index in [1.54, 1.807) is 24.3 Å². The van der Waals surface area contributed by atoms with Gasteiger partial charge in [0, 0.05) is 11.6 Å². The van der Waals surface area contributed by atoms with Crippen LogP contribution in [0.2, 0.25) is 0 Å². The number of nitrogens with one attached hydrogen (secondary N) is 1. The zero-order valence-corrected chi connectivity index (χ0v) is 13.2. The zero-order valence-electron chi connectivity index (χ0n) is 13.2. The summed E-state index contributed by atoms with van der Waals surface area (Å²) in [7, 11) is 1.32. The number of methoxy groups -OCH3 is 1. The van der Waals surface area contributed by atoms with Gasteiger partial charge < -0.3 is 16.2 Å². The molecular weight excluding hydrogens is 292 g/mol. The number of hydrogen-bond donors (Lipinski definition) is 3. The van der Waals surface area contributed by atoms with Crippen molar-refractivity contribution in [1.82, 2.24) is 0 Å². The molecule has 5 N–H and O–H groups in total. The Kier molecular flexibility index (Phi) is 5.28. The molecule has 0 unspecified atom stereocenters. The number of aliphatic imine (C=N–C) groups is 1. The van der Waals surface area contributed by atoms with Gasteiger partial charge in [0.2, 0.25) is 0 Å². The molecule has 1 saturated carbocycles. The second-order valence-corrected chi connectivity index (χ2v) is 5.69. The van der Waals surface area contributed by atoms with E-state index in [1.165, 1.54) is 13.2 Å². The van der Waals surface area contributed by atoms with Gasteiger partial charge in [-0.25, -0.2) is 9.79 Å². The van der Waals surface area contributed by atoms with E-state index in [-0.39, 0.29) is 5.84 Å². The molecule has 1 fully saturated rings. The quantitative estimate of drug-likeness (QED) is 0.340. The van der Waals surface area contributed by atoms with Gasteiger partial charge >= 0.3 is 5.97 Å². The van der Waals surface area contributed by atoms with Crippen LogP contribution in [0.3, 0.4) is 0 Å². The van der Waals surface area contributed by atoms with Crippen LogP contribution in [0.15, 0.2) is 35.3 Å². The number of nitrogens with two attached hydrogens (primary N) is 2. The molecule has 0 atom stereocenters. The fraction of sp³-hybridized carbons (Fsp3) is 0.353. The van der Waals surface area contributed by atoms with Crippen molar-refractivity contribution in [3.63, 3.8) is 0 Å². The Morgan fingerprint density at radius 1 is 1.39 bits per heavy atom. The Morgan fingerprint density at radius 2 is 2.09 bits per heavy atom. The maximum absolute atomic E-state index is 11.1. The highest BCUT2D eigenvalue weighted by molar-refractivity contribution is 6.07. The Hall–Kier alpha value is -2.47. The van der Waals surface area contributed by atoms with Crippen molar-refractivity contribution >= 4 is 23.7 Å². The van der Waals surface area contributed by atoms with Crippen molar-refractivity contribution in [2.45, 2.75) is 31.2 Å². The third-order valence-corrected chi connectivity index (χ3v) is 4.01. The molecule has 0 aromatic heterocycles. The summed E-state index contributed by atoms with van der Waals surface area (Å²) >= 11 is 0. The van der Waals surface area contributed by atoms with E-state index in [0.717, 1.165) is 31.2 Å². The van der Waals surface area contributed by atoms with Crippen molar-refractivity contribution in [3.05, 3.63) is 41.5 Å². The number of carbonyl (C=O) groups excluding carboxylic acids is 1. The summed E-state index contributed by atoms with van der Waals surface area (Å²) in [6.45, 7) is 0. The second kappa shape index (κ2) is 7.19. The smallest absolute Gasteiger partial charge is 0.330 e. The molecule has 0 aliphatic heterocycles. The Bertz CT molecular complexity index is 658. The number of amidine groups is 2. The van der Waals surface area contributed by atoms with E-state index in [4.69, 9.17) is 16.9 Å². The number of benzene rings is 1. The lowest BCUT2D eigenvalue weighted by Crippen LogP contribution is -2.50. The maximum atomic E-state index is 11.1. The lowest BCUT2D eigenvalue weighted by molar-refractivity contribution is -0.134. The number of hydrogen-bond acceptors (Lipinski definition) is 4. The van der Waals surface area contributed by atoms with E-state index in [1.807, 2.05) is 6.07 Å². The van der Waals surface area contributed by atoms with E-state index < -0.39 is 11.5 Å². The standard InChI is InChI=1S/C17H22N4O2/c1-23-14(22)8-7-12-5-4-6-13(11-12)15(18)21-16(19)17(20)9-2-3-10-17/h4-8,11H,2-3,9-10,20H2,1H3,(H3,18,19,21)/b8-7+. The van der Waals surface area contributed by atoms with E-state index in [2.05, 4.69) is 9.73 Å². The largest absolute Gasteiger partial charge is 0.466 e. The summed E-state index contributed by atoms with van der Waals surface area (Å²) in [6, 6.07) is 7.15. The van der Waals surface area contributed by atoms with Crippen LogP contribution in [-0.2, 0) is 9.53 Å². The third-order valence-electron chi connectivity index (χ3n) is 4.01. The summed E-state index contributed by atoms with van der Waals surface area (Å²) in [6.07, 6.45) is 6.63. The van der Waals surface area contributed by atoms with Crippen molar-refractivity contribution in [1.29, 1.82) is 5.41 Å². The van der Waals surface area contributed by atoms with Gasteiger partial charge in [-0.05, 0) is 30.5 Å². The Labute approximate surface area is 135 Å². The molecule has 6 heteroatoms. The van der Waals surface area contributed by atoms with Gasteiger partial charge in [0.05, 0.1) is 12.6 Å². The summed E-state index contributed by atoms with van der Waals surface area (Å²) in [4.78, 5) is 15.3. The molecule has 0 heterocycles. The van der Waals surface area contributed by atoms with Gasteiger partial charge in [-0.3, -0.25) is 5.41 Å². The highest BCUT2D eigenvalue weighted by atomic mass is 16.5. The predicted molar refractivity (Wildman–Crippen MR) is 91.3 cm³/mol. The van der Waals surface area contributed by atoms with E-state index >= 15 is 0 Å². The minimum atomic E-state index is -0.589. The van der Waals surface area contributed by atoms with Crippen molar-refractivity contribution in [3.8, 4) is 0 Å². The first-order valence-corrected chi connectivity index (χ1v) is 7.53. The fourth-order valence-electron chi connectivity index (χ4n) is 2.58. The lowest BCUT2D eigenvalue weighted by Gasteiger charge is -2.22. The maximum Gasteiger partial charge on any atom is 0.330 e. The Morgan fingerprint density at radius 3 is 2.74 bits per heavy atom. The van der Waals surface area contributed by atoms with Gasteiger partial charge in [0.25, 0.3) is 0 Å². The number of esters is 1. The molecule has 0 spiro atoms. The predicted octanol–water partition coefficient (Wildman–Crippen LogP) is 1.83. The molecule has 1 aromatic carbocycles. The molecule has 0 saturated heterocycles. The summed E-state index contributed by atoms with van der Waals surface area (Å²) in [5, 5.41) is 8.12. The first-order chi connectivity index (χ1) is 10.9. The number of nitrogens with zero attached hydrogens (tertiary/aromatic N) is 1. The highest BCUT2D eigenvalue weighted by Crippen LogP contribution is 2.27. The molecule has 2 rings (SSSR count). The van der Waals surface area contributed by atoms with Gasteiger partial charge in [0.15, 0.2) is 5.84 Å². The van der Waals surface area contributed by atoms with Crippen molar-refractivity contribution in [2.24, 2.45) is 16.5 Å². The molecule has 0 radical (unpaired) electrons. The third kappa shape index (κ3) is 4.26. The monoisotopic (exact) mass is 314 g/mol. The molecule has 0 amide bonds. The minimum absolute atomic E-state index is 0.0625. The van der Waals surface area contributed by atoms with Crippen LogP contribution < -0.4 is 11.5 Å². The van der Waals surface area contributed by atoms with Gasteiger partial charge in [-0.2, -0.15) is 0 Å². The molecule has 6 nitrogen and oxygen atoms in total. The lowest BCUT2D eigenvalue weighted by atomic mass is 9.98. The average molecular weight is 314 g/mol. The molecular formula is C17H22N4O2. The summed E-state index contributed by atoms with van der Waals surface area (Å²) in [5.41, 5.74) is 13.1. The van der Waals surface area contributed by atoms with Crippen LogP contribution in [0.5, 0.6) is 0 Å². The first kappa shape index (κ1) is 16.9. The molecule has 0 bridgehead atoms. The first-order valence-electron chi connectivity index (χ1n) is 7.53. The normalized spacial score (nSPS) is 17.4. The summed E-state index contributed by atoms with van der Waals surface area (Å²) in [5.74, 6) is -0.0536. The van der Waals surface area contributed by atoms with Crippen LogP contribution in [0.4, 0.5) is 0 Å². The van der Waals surface area contributed by atoms with Gasteiger partial charge in [-0.15, -0.1) is 0 Å². The zero-order chi connectivity index (χ0) is 16.9.